The lowest BCUT2D eigenvalue weighted by atomic mass is 10.1. The second-order valence-corrected chi connectivity index (χ2v) is 7.86. The largest absolute Gasteiger partial charge is 0.484 e. The van der Waals surface area contributed by atoms with Crippen LogP contribution < -0.4 is 10.1 Å². The first-order chi connectivity index (χ1) is 10.9. The van der Waals surface area contributed by atoms with Crippen LogP contribution in [0, 0.1) is 6.92 Å². The van der Waals surface area contributed by atoms with Gasteiger partial charge in [-0.25, -0.2) is 8.42 Å². The van der Waals surface area contributed by atoms with Gasteiger partial charge in [-0.3, -0.25) is 9.78 Å². The number of hydrogen-bond acceptors (Lipinski definition) is 6. The average Bonchev–Trinajstić information content (AvgIpc) is 2.51. The highest BCUT2D eigenvalue weighted by molar-refractivity contribution is 7.92. The van der Waals surface area contributed by atoms with Crippen LogP contribution in [0.3, 0.4) is 0 Å². The second kappa shape index (κ2) is 7.74. The van der Waals surface area contributed by atoms with Crippen LogP contribution in [0.15, 0.2) is 18.3 Å². The minimum Gasteiger partial charge on any atom is -0.484 e. The number of aryl methyl sites for hydroxylation is 1. The van der Waals surface area contributed by atoms with Crippen LogP contribution in [0.2, 0.25) is 0 Å². The minimum atomic E-state index is -3.34. The van der Waals surface area contributed by atoms with Crippen LogP contribution in [0.5, 0.6) is 5.75 Å². The third-order valence-electron chi connectivity index (χ3n) is 3.61. The first kappa shape index (κ1) is 17.7. The van der Waals surface area contributed by atoms with E-state index in [1.807, 2.05) is 13.0 Å². The summed E-state index contributed by atoms with van der Waals surface area (Å²) in [6.07, 6.45) is 1.81. The lowest BCUT2D eigenvalue weighted by molar-refractivity contribution is -0.121. The Hall–Kier alpha value is -1.67. The van der Waals surface area contributed by atoms with E-state index in [2.05, 4.69) is 10.3 Å². The molecule has 7 nitrogen and oxygen atoms in total. The Bertz CT molecular complexity index is 630. The summed E-state index contributed by atoms with van der Waals surface area (Å²) in [5, 5.41) is 2.75. The molecule has 2 atom stereocenters. The molecule has 2 rings (SSSR count). The Balaban J connectivity index is 1.98. The molecular formula is C15H22N2O5S. The maximum atomic E-state index is 11.9. The Morgan fingerprint density at radius 1 is 1.48 bits per heavy atom. The monoisotopic (exact) mass is 342 g/mol. The van der Waals surface area contributed by atoms with Gasteiger partial charge in [-0.1, -0.05) is 6.92 Å². The Labute approximate surface area is 136 Å². The van der Waals surface area contributed by atoms with Gasteiger partial charge in [-0.2, -0.15) is 0 Å². The van der Waals surface area contributed by atoms with E-state index in [1.165, 1.54) is 6.92 Å². The zero-order valence-corrected chi connectivity index (χ0v) is 14.1. The molecule has 8 heteroatoms. The van der Waals surface area contributed by atoms with Crippen molar-refractivity contribution in [1.29, 1.82) is 0 Å². The summed E-state index contributed by atoms with van der Waals surface area (Å²) in [6.45, 7) is 4.23. The van der Waals surface area contributed by atoms with Crippen molar-refractivity contribution in [1.82, 2.24) is 10.3 Å². The van der Waals surface area contributed by atoms with Gasteiger partial charge in [0.15, 0.2) is 9.84 Å². The Morgan fingerprint density at radius 2 is 2.26 bits per heavy atom. The molecule has 23 heavy (non-hydrogen) atoms. The number of hydrogen-bond donors (Lipinski definition) is 1. The summed E-state index contributed by atoms with van der Waals surface area (Å²) in [6, 6.07) is 3.35. The number of sulfone groups is 1. The molecule has 1 fully saturated rings. The van der Waals surface area contributed by atoms with Gasteiger partial charge in [0, 0.05) is 18.1 Å². The van der Waals surface area contributed by atoms with E-state index >= 15 is 0 Å². The molecule has 1 N–H and O–H groups in total. The van der Waals surface area contributed by atoms with Gasteiger partial charge >= 0.3 is 0 Å². The summed E-state index contributed by atoms with van der Waals surface area (Å²) in [4.78, 5) is 16.1. The number of carbonyl (C=O) groups is 1. The summed E-state index contributed by atoms with van der Waals surface area (Å²) in [7, 11) is -3.34. The standard InChI is InChI=1S/C15H22N2O5S/c1-3-23(19,20)10-15(18)17-13-6-7-21-9-14(13)22-12-5-4-11(2)16-8-12/h4-5,8,13-14H,3,6-7,9-10H2,1-2H3,(H,17,18)/t13-,14+/m1/s1. The molecule has 1 aliphatic rings. The summed E-state index contributed by atoms with van der Waals surface area (Å²) >= 11 is 0. The van der Waals surface area contributed by atoms with E-state index in [1.54, 1.807) is 12.3 Å². The molecule has 2 heterocycles. The van der Waals surface area contributed by atoms with Gasteiger partial charge < -0.3 is 14.8 Å². The van der Waals surface area contributed by atoms with E-state index < -0.39 is 21.5 Å². The molecule has 1 aliphatic heterocycles. The number of aromatic nitrogens is 1. The number of amides is 1. The van der Waals surface area contributed by atoms with Gasteiger partial charge in [-0.05, 0) is 25.5 Å². The summed E-state index contributed by atoms with van der Waals surface area (Å²) in [5.74, 6) is -0.469. The van der Waals surface area contributed by atoms with Gasteiger partial charge in [0.25, 0.3) is 0 Å². The molecule has 128 valence electrons. The van der Waals surface area contributed by atoms with Crippen molar-refractivity contribution >= 4 is 15.7 Å². The number of ether oxygens (including phenoxy) is 2. The Kier molecular flexibility index (Phi) is 5.95. The lowest BCUT2D eigenvalue weighted by Gasteiger charge is -2.32. The molecule has 0 bridgehead atoms. The van der Waals surface area contributed by atoms with Crippen molar-refractivity contribution < 1.29 is 22.7 Å². The van der Waals surface area contributed by atoms with Crippen LogP contribution in [0.1, 0.15) is 19.0 Å². The fourth-order valence-corrected chi connectivity index (χ4v) is 2.93. The molecule has 0 spiro atoms. The molecule has 1 aromatic heterocycles. The predicted octanol–water partition coefficient (Wildman–Crippen LogP) is 0.477. The molecule has 1 aromatic rings. The Morgan fingerprint density at radius 3 is 2.91 bits per heavy atom. The third-order valence-corrected chi connectivity index (χ3v) is 5.19. The number of nitrogens with one attached hydrogen (secondary N) is 1. The van der Waals surface area contributed by atoms with Gasteiger partial charge in [0.05, 0.1) is 18.8 Å². The van der Waals surface area contributed by atoms with Gasteiger partial charge in [0.1, 0.15) is 17.6 Å². The van der Waals surface area contributed by atoms with Crippen molar-refractivity contribution in [2.24, 2.45) is 0 Å². The molecule has 0 saturated carbocycles. The van der Waals surface area contributed by atoms with Crippen molar-refractivity contribution in [2.75, 3.05) is 24.7 Å². The maximum absolute atomic E-state index is 11.9. The highest BCUT2D eigenvalue weighted by Crippen LogP contribution is 2.17. The minimum absolute atomic E-state index is 0.0524. The first-order valence-electron chi connectivity index (χ1n) is 7.56. The van der Waals surface area contributed by atoms with Crippen LogP contribution in [-0.4, -0.2) is 56.2 Å². The summed E-state index contributed by atoms with van der Waals surface area (Å²) < 4.78 is 34.3. The molecule has 1 saturated heterocycles. The van der Waals surface area contributed by atoms with Crippen LogP contribution in [0.25, 0.3) is 0 Å². The zero-order chi connectivity index (χ0) is 16.9. The molecule has 1 amide bonds. The zero-order valence-electron chi connectivity index (χ0n) is 13.3. The van der Waals surface area contributed by atoms with Crippen molar-refractivity contribution in [3.05, 3.63) is 24.0 Å². The van der Waals surface area contributed by atoms with Crippen molar-refractivity contribution in [3.63, 3.8) is 0 Å². The number of rotatable bonds is 6. The maximum Gasteiger partial charge on any atom is 0.235 e. The normalized spacial score (nSPS) is 21.7. The average molecular weight is 342 g/mol. The number of pyridine rings is 1. The fraction of sp³-hybridized carbons (Fsp3) is 0.600. The SMILES string of the molecule is CCS(=O)(=O)CC(=O)N[C@@H]1CCOC[C@@H]1Oc1ccc(C)nc1. The molecule has 0 aliphatic carbocycles. The quantitative estimate of drug-likeness (QED) is 0.808. The van der Waals surface area contributed by atoms with Crippen molar-refractivity contribution in [3.8, 4) is 5.75 Å². The van der Waals surface area contributed by atoms with Crippen LogP contribution >= 0.6 is 0 Å². The second-order valence-electron chi connectivity index (χ2n) is 5.51. The summed E-state index contributed by atoms with van der Waals surface area (Å²) in [5.41, 5.74) is 0.881. The van der Waals surface area contributed by atoms with Crippen molar-refractivity contribution in [2.45, 2.75) is 32.4 Å². The number of carbonyl (C=O) groups excluding carboxylic acids is 1. The predicted molar refractivity (Wildman–Crippen MR) is 85.1 cm³/mol. The fourth-order valence-electron chi connectivity index (χ4n) is 2.24. The van der Waals surface area contributed by atoms with Crippen LogP contribution in [0.4, 0.5) is 0 Å². The molecule has 0 radical (unpaired) electrons. The molecular weight excluding hydrogens is 320 g/mol. The van der Waals surface area contributed by atoms with Gasteiger partial charge in [0.2, 0.25) is 5.91 Å². The van der Waals surface area contributed by atoms with E-state index in [9.17, 15) is 13.2 Å². The molecule has 0 aromatic carbocycles. The highest BCUT2D eigenvalue weighted by Gasteiger charge is 2.30. The molecule has 0 unspecified atom stereocenters. The number of nitrogens with zero attached hydrogens (tertiary/aromatic N) is 1. The van der Waals surface area contributed by atoms with Crippen LogP contribution in [-0.2, 0) is 19.4 Å². The third kappa shape index (κ3) is 5.47. The van der Waals surface area contributed by atoms with E-state index in [0.29, 0.717) is 25.4 Å². The highest BCUT2D eigenvalue weighted by atomic mass is 32.2. The van der Waals surface area contributed by atoms with E-state index in [4.69, 9.17) is 9.47 Å². The first-order valence-corrected chi connectivity index (χ1v) is 9.38. The van der Waals surface area contributed by atoms with E-state index in [-0.39, 0.29) is 17.9 Å². The van der Waals surface area contributed by atoms with E-state index in [0.717, 1.165) is 5.69 Å². The topological polar surface area (TPSA) is 94.6 Å². The lowest BCUT2D eigenvalue weighted by Crippen LogP contribution is -2.52. The smallest absolute Gasteiger partial charge is 0.235 e. The van der Waals surface area contributed by atoms with Gasteiger partial charge in [-0.15, -0.1) is 0 Å².